The number of sulfonamides is 1. The summed E-state index contributed by atoms with van der Waals surface area (Å²) >= 11 is 0. The van der Waals surface area contributed by atoms with Gasteiger partial charge in [0.15, 0.2) is 0 Å². The number of hydrogen-bond donors (Lipinski definition) is 1. The zero-order chi connectivity index (χ0) is 25.6. The smallest absolute Gasteiger partial charge is 0.308 e. The van der Waals surface area contributed by atoms with E-state index >= 15 is 0 Å². The molecule has 3 rings (SSSR count). The maximum atomic E-state index is 13.1. The van der Waals surface area contributed by atoms with Gasteiger partial charge >= 0.3 is 5.97 Å². The second-order valence-corrected chi connectivity index (χ2v) is 10.9. The van der Waals surface area contributed by atoms with Crippen LogP contribution >= 0.6 is 0 Å². The van der Waals surface area contributed by atoms with Crippen LogP contribution in [0.5, 0.6) is 0 Å². The van der Waals surface area contributed by atoms with Gasteiger partial charge in [-0.25, -0.2) is 8.42 Å². The molecule has 1 aliphatic rings. The topological polar surface area (TPSA) is 117 Å². The standard InChI is InChI=1S/C26H31N3O5S/c1-18(2)34-25(30)16-23(20-10-8-19(3)9-11-20)28-26(31)21-12-14-29(15-13-21)35(32,33)24-7-5-4-6-22(24)17-27/h4-11,18,21,23H,12-16H2,1-3H3,(H,28,31). The van der Waals surface area contributed by atoms with Crippen LogP contribution in [0.25, 0.3) is 0 Å². The van der Waals surface area contributed by atoms with Gasteiger partial charge in [0.1, 0.15) is 6.07 Å². The number of benzene rings is 2. The summed E-state index contributed by atoms with van der Waals surface area (Å²) < 4.78 is 32.7. The normalized spacial score (nSPS) is 15.9. The van der Waals surface area contributed by atoms with Crippen LogP contribution < -0.4 is 5.32 Å². The number of carbonyl (C=O) groups excluding carboxylic acids is 2. The summed E-state index contributed by atoms with van der Waals surface area (Å²) in [6.45, 7) is 5.85. The van der Waals surface area contributed by atoms with Crippen LogP contribution in [0.4, 0.5) is 0 Å². The lowest BCUT2D eigenvalue weighted by molar-refractivity contribution is -0.148. The maximum absolute atomic E-state index is 13.1. The molecule has 0 aromatic heterocycles. The van der Waals surface area contributed by atoms with E-state index in [1.54, 1.807) is 26.0 Å². The average Bonchev–Trinajstić information content (AvgIpc) is 2.83. The van der Waals surface area contributed by atoms with Crippen LogP contribution in [-0.2, 0) is 24.3 Å². The fourth-order valence-corrected chi connectivity index (χ4v) is 5.71. The number of esters is 1. The Morgan fingerprint density at radius 1 is 1.11 bits per heavy atom. The van der Waals surface area contributed by atoms with Crippen molar-refractivity contribution in [1.82, 2.24) is 9.62 Å². The highest BCUT2D eigenvalue weighted by atomic mass is 32.2. The van der Waals surface area contributed by atoms with E-state index < -0.39 is 22.0 Å². The second kappa shape index (κ2) is 11.5. The van der Waals surface area contributed by atoms with Gasteiger partial charge < -0.3 is 10.1 Å². The Kier molecular flexibility index (Phi) is 8.65. The molecule has 9 heteroatoms. The van der Waals surface area contributed by atoms with Crippen LogP contribution in [0.2, 0.25) is 0 Å². The molecule has 1 amide bonds. The number of amides is 1. The number of nitrogens with one attached hydrogen (secondary N) is 1. The molecule has 0 aliphatic carbocycles. The van der Waals surface area contributed by atoms with Crippen molar-refractivity contribution in [3.05, 3.63) is 65.2 Å². The zero-order valence-corrected chi connectivity index (χ0v) is 21.0. The van der Waals surface area contributed by atoms with E-state index in [2.05, 4.69) is 5.32 Å². The first kappa shape index (κ1) is 26.4. The van der Waals surface area contributed by atoms with Crippen LogP contribution in [0.1, 0.15) is 55.8 Å². The molecule has 2 aromatic rings. The minimum Gasteiger partial charge on any atom is -0.463 e. The van der Waals surface area contributed by atoms with Gasteiger partial charge in [0, 0.05) is 19.0 Å². The summed E-state index contributed by atoms with van der Waals surface area (Å²) in [5.74, 6) is -1.01. The molecule has 1 atom stereocenters. The minimum absolute atomic E-state index is 0.00511. The molecule has 1 aliphatic heterocycles. The number of piperidine rings is 1. The quantitative estimate of drug-likeness (QED) is 0.558. The Bertz CT molecular complexity index is 1190. The van der Waals surface area contributed by atoms with Crippen LogP contribution in [0.3, 0.4) is 0 Å². The Morgan fingerprint density at radius 3 is 2.34 bits per heavy atom. The first-order valence-electron chi connectivity index (χ1n) is 11.7. The van der Waals surface area contributed by atoms with Crippen molar-refractivity contribution >= 4 is 21.9 Å². The Morgan fingerprint density at radius 2 is 1.74 bits per heavy atom. The van der Waals surface area contributed by atoms with Crippen molar-refractivity contribution in [3.63, 3.8) is 0 Å². The first-order chi connectivity index (χ1) is 16.6. The van der Waals surface area contributed by atoms with Crippen molar-refractivity contribution in [3.8, 4) is 6.07 Å². The molecular weight excluding hydrogens is 466 g/mol. The number of aryl methyl sites for hydroxylation is 1. The van der Waals surface area contributed by atoms with Crippen molar-refractivity contribution in [2.24, 2.45) is 5.92 Å². The number of nitriles is 1. The maximum Gasteiger partial charge on any atom is 0.308 e. The Hall–Kier alpha value is -3.22. The summed E-state index contributed by atoms with van der Waals surface area (Å²) in [4.78, 5) is 25.4. The van der Waals surface area contributed by atoms with E-state index in [1.807, 2.05) is 37.3 Å². The first-order valence-corrected chi connectivity index (χ1v) is 13.1. The van der Waals surface area contributed by atoms with Gasteiger partial charge in [0.05, 0.1) is 29.0 Å². The van der Waals surface area contributed by atoms with E-state index in [9.17, 15) is 23.3 Å². The number of rotatable bonds is 8. The van der Waals surface area contributed by atoms with E-state index in [4.69, 9.17) is 4.74 Å². The Labute approximate surface area is 206 Å². The largest absolute Gasteiger partial charge is 0.463 e. The van der Waals surface area contributed by atoms with Gasteiger partial charge in [-0.2, -0.15) is 9.57 Å². The van der Waals surface area contributed by atoms with Crippen molar-refractivity contribution in [1.29, 1.82) is 5.26 Å². The van der Waals surface area contributed by atoms with Crippen molar-refractivity contribution < 1.29 is 22.7 Å². The molecule has 1 unspecified atom stereocenters. The molecule has 1 saturated heterocycles. The fourth-order valence-electron chi connectivity index (χ4n) is 4.10. The number of carbonyl (C=O) groups is 2. The molecule has 0 saturated carbocycles. The lowest BCUT2D eigenvalue weighted by Gasteiger charge is -2.31. The van der Waals surface area contributed by atoms with Gasteiger partial charge in [-0.15, -0.1) is 0 Å². The number of ether oxygens (including phenoxy) is 1. The Balaban J connectivity index is 1.68. The van der Waals surface area contributed by atoms with E-state index in [-0.39, 0.29) is 47.9 Å². The fraction of sp³-hybridized carbons (Fsp3) is 0.423. The van der Waals surface area contributed by atoms with Crippen LogP contribution in [0, 0.1) is 24.2 Å². The third-order valence-electron chi connectivity index (χ3n) is 5.98. The van der Waals surface area contributed by atoms with E-state index in [0.717, 1.165) is 11.1 Å². The monoisotopic (exact) mass is 497 g/mol. The van der Waals surface area contributed by atoms with Crippen molar-refractivity contribution in [2.45, 2.75) is 57.1 Å². The summed E-state index contributed by atoms with van der Waals surface area (Å²) in [5, 5.41) is 12.3. The third kappa shape index (κ3) is 6.68. The summed E-state index contributed by atoms with van der Waals surface area (Å²) in [6.07, 6.45) is 0.438. The summed E-state index contributed by atoms with van der Waals surface area (Å²) in [6, 6.07) is 15.1. The van der Waals surface area contributed by atoms with Crippen LogP contribution in [-0.4, -0.2) is 43.8 Å². The predicted octanol–water partition coefficient (Wildman–Crippen LogP) is 3.47. The second-order valence-electron chi connectivity index (χ2n) is 9.00. The summed E-state index contributed by atoms with van der Waals surface area (Å²) in [5.41, 5.74) is 1.97. The van der Waals surface area contributed by atoms with E-state index in [1.165, 1.54) is 16.4 Å². The molecule has 1 N–H and O–H groups in total. The van der Waals surface area contributed by atoms with Gasteiger partial charge in [0.25, 0.3) is 0 Å². The highest BCUT2D eigenvalue weighted by molar-refractivity contribution is 7.89. The highest BCUT2D eigenvalue weighted by Crippen LogP contribution is 2.27. The lowest BCUT2D eigenvalue weighted by atomic mass is 9.95. The molecule has 0 bridgehead atoms. The molecule has 2 aromatic carbocycles. The molecule has 35 heavy (non-hydrogen) atoms. The molecule has 1 fully saturated rings. The number of hydrogen-bond acceptors (Lipinski definition) is 6. The SMILES string of the molecule is Cc1ccc(C(CC(=O)OC(C)C)NC(=O)C2CCN(S(=O)(=O)c3ccccc3C#N)CC2)cc1. The predicted molar refractivity (Wildman–Crippen MR) is 131 cm³/mol. The molecule has 0 radical (unpaired) electrons. The number of nitrogens with zero attached hydrogens (tertiary/aromatic N) is 2. The highest BCUT2D eigenvalue weighted by Gasteiger charge is 2.34. The van der Waals surface area contributed by atoms with Gasteiger partial charge in [-0.3, -0.25) is 9.59 Å². The lowest BCUT2D eigenvalue weighted by Crippen LogP contribution is -2.44. The molecule has 8 nitrogen and oxygen atoms in total. The van der Waals surface area contributed by atoms with Gasteiger partial charge in [0.2, 0.25) is 15.9 Å². The van der Waals surface area contributed by atoms with E-state index in [0.29, 0.717) is 12.8 Å². The van der Waals surface area contributed by atoms with Gasteiger partial charge in [-0.1, -0.05) is 42.0 Å². The van der Waals surface area contributed by atoms with Crippen LogP contribution in [0.15, 0.2) is 53.4 Å². The van der Waals surface area contributed by atoms with Crippen molar-refractivity contribution in [2.75, 3.05) is 13.1 Å². The third-order valence-corrected chi connectivity index (χ3v) is 7.94. The van der Waals surface area contributed by atoms with Gasteiger partial charge in [-0.05, 0) is 51.3 Å². The molecule has 0 spiro atoms. The minimum atomic E-state index is -3.83. The molecule has 1 heterocycles. The average molecular weight is 498 g/mol. The zero-order valence-electron chi connectivity index (χ0n) is 20.2. The summed E-state index contributed by atoms with van der Waals surface area (Å²) in [7, 11) is -3.83. The molecule has 186 valence electrons. The molecular formula is C26H31N3O5S.